The van der Waals surface area contributed by atoms with Crippen molar-refractivity contribution in [3.63, 3.8) is 0 Å². The lowest BCUT2D eigenvalue weighted by molar-refractivity contribution is 0.101. The maximum Gasteiger partial charge on any atom is 0.272 e. The summed E-state index contributed by atoms with van der Waals surface area (Å²) in [6.07, 6.45) is 3.61. The molecule has 146 valence electrons. The van der Waals surface area contributed by atoms with Crippen LogP contribution in [0.4, 0.5) is 5.69 Å². The van der Waals surface area contributed by atoms with Gasteiger partial charge in [-0.05, 0) is 61.4 Å². The van der Waals surface area contributed by atoms with Crippen molar-refractivity contribution in [3.05, 3.63) is 82.2 Å². The second-order valence-corrected chi connectivity index (χ2v) is 7.29. The second-order valence-electron chi connectivity index (χ2n) is 7.29. The minimum absolute atomic E-state index is 0.0860. The Morgan fingerprint density at radius 3 is 2.55 bits per heavy atom. The highest BCUT2D eigenvalue weighted by Gasteiger charge is 2.14. The smallest absolute Gasteiger partial charge is 0.272 e. The van der Waals surface area contributed by atoms with Gasteiger partial charge in [-0.1, -0.05) is 6.07 Å². The number of anilines is 1. The first-order chi connectivity index (χ1) is 13.8. The topological polar surface area (TPSA) is 68.9 Å². The third-order valence-corrected chi connectivity index (χ3v) is 5.21. The van der Waals surface area contributed by atoms with Crippen LogP contribution in [0.1, 0.15) is 21.7 Å². The van der Waals surface area contributed by atoms with Crippen molar-refractivity contribution >= 4 is 22.5 Å². The summed E-state index contributed by atoms with van der Waals surface area (Å²) in [5.41, 5.74) is 5.15. The van der Waals surface area contributed by atoms with E-state index >= 15 is 0 Å². The SMILES string of the molecule is Cc1cc2c(cn1)cc(-c1cc(NC(=O)c3cccn3C)ccc1C)c(=O)n2C. The largest absolute Gasteiger partial charge is 0.347 e. The normalized spacial score (nSPS) is 11.0. The third-order valence-electron chi connectivity index (χ3n) is 5.21. The number of aryl methyl sites for hydroxylation is 4. The van der Waals surface area contributed by atoms with Gasteiger partial charge < -0.3 is 14.5 Å². The van der Waals surface area contributed by atoms with Gasteiger partial charge in [-0.15, -0.1) is 0 Å². The Hall–Kier alpha value is -3.67. The number of amides is 1. The molecule has 0 bridgehead atoms. The van der Waals surface area contributed by atoms with Crippen molar-refractivity contribution in [1.82, 2.24) is 14.1 Å². The molecule has 3 heterocycles. The lowest BCUT2D eigenvalue weighted by atomic mass is 9.99. The summed E-state index contributed by atoms with van der Waals surface area (Å²) in [5.74, 6) is -0.196. The van der Waals surface area contributed by atoms with Crippen LogP contribution >= 0.6 is 0 Å². The van der Waals surface area contributed by atoms with Gasteiger partial charge in [0.1, 0.15) is 5.69 Å². The summed E-state index contributed by atoms with van der Waals surface area (Å²) in [5, 5.41) is 3.81. The molecule has 0 radical (unpaired) electrons. The van der Waals surface area contributed by atoms with E-state index in [9.17, 15) is 9.59 Å². The number of hydrogen-bond acceptors (Lipinski definition) is 3. The van der Waals surface area contributed by atoms with Crippen LogP contribution in [0, 0.1) is 13.8 Å². The zero-order chi connectivity index (χ0) is 20.7. The Morgan fingerprint density at radius 2 is 1.83 bits per heavy atom. The van der Waals surface area contributed by atoms with Crippen molar-refractivity contribution in [2.75, 3.05) is 5.32 Å². The van der Waals surface area contributed by atoms with Gasteiger partial charge in [0.25, 0.3) is 11.5 Å². The summed E-state index contributed by atoms with van der Waals surface area (Å²) >= 11 is 0. The van der Waals surface area contributed by atoms with Crippen molar-refractivity contribution in [2.45, 2.75) is 13.8 Å². The van der Waals surface area contributed by atoms with E-state index < -0.39 is 0 Å². The molecule has 6 nitrogen and oxygen atoms in total. The number of nitrogens with zero attached hydrogens (tertiary/aromatic N) is 3. The molecule has 0 spiro atoms. The van der Waals surface area contributed by atoms with Crippen LogP contribution in [0.15, 0.2) is 59.7 Å². The van der Waals surface area contributed by atoms with Crippen LogP contribution in [0.3, 0.4) is 0 Å². The minimum atomic E-state index is -0.196. The van der Waals surface area contributed by atoms with E-state index in [-0.39, 0.29) is 11.5 Å². The highest BCUT2D eigenvalue weighted by molar-refractivity contribution is 6.03. The standard InChI is InChI=1S/C23H22N4O2/c1-14-7-8-17(25-22(28)20-6-5-9-26(20)3)12-18(14)19-11-16-13-24-15(2)10-21(16)27(4)23(19)29/h5-13H,1-4H3,(H,25,28). The molecule has 0 aliphatic carbocycles. The number of benzene rings is 1. The maximum atomic E-state index is 13.1. The second kappa shape index (κ2) is 7.05. The van der Waals surface area contributed by atoms with E-state index in [0.29, 0.717) is 16.9 Å². The van der Waals surface area contributed by atoms with E-state index in [1.165, 1.54) is 0 Å². The molecule has 4 aromatic rings. The fourth-order valence-electron chi connectivity index (χ4n) is 3.54. The predicted molar refractivity (Wildman–Crippen MR) is 115 cm³/mol. The van der Waals surface area contributed by atoms with E-state index in [1.807, 2.05) is 63.5 Å². The van der Waals surface area contributed by atoms with E-state index in [0.717, 1.165) is 27.7 Å². The van der Waals surface area contributed by atoms with Crippen LogP contribution < -0.4 is 10.9 Å². The molecule has 0 saturated heterocycles. The number of hydrogen-bond donors (Lipinski definition) is 1. The number of nitrogens with one attached hydrogen (secondary N) is 1. The molecule has 0 aliphatic rings. The van der Waals surface area contributed by atoms with Gasteiger partial charge in [0.15, 0.2) is 0 Å². The quantitative estimate of drug-likeness (QED) is 0.582. The molecule has 0 saturated carbocycles. The number of carbonyl (C=O) groups is 1. The lowest BCUT2D eigenvalue weighted by Gasteiger charge is -2.13. The van der Waals surface area contributed by atoms with Gasteiger partial charge >= 0.3 is 0 Å². The van der Waals surface area contributed by atoms with Crippen LogP contribution in [-0.4, -0.2) is 20.0 Å². The first kappa shape index (κ1) is 18.7. The average Bonchev–Trinajstić information content (AvgIpc) is 3.13. The Morgan fingerprint density at radius 1 is 1.03 bits per heavy atom. The number of pyridine rings is 2. The summed E-state index contributed by atoms with van der Waals surface area (Å²) in [7, 11) is 3.59. The zero-order valence-electron chi connectivity index (χ0n) is 16.9. The van der Waals surface area contributed by atoms with Gasteiger partial charge in [0.2, 0.25) is 0 Å². The van der Waals surface area contributed by atoms with Crippen molar-refractivity contribution < 1.29 is 4.79 Å². The zero-order valence-corrected chi connectivity index (χ0v) is 16.9. The number of rotatable bonds is 3. The lowest BCUT2D eigenvalue weighted by Crippen LogP contribution is -2.20. The van der Waals surface area contributed by atoms with Gasteiger partial charge in [0.05, 0.1) is 5.52 Å². The molecule has 29 heavy (non-hydrogen) atoms. The molecule has 1 aromatic carbocycles. The fourth-order valence-corrected chi connectivity index (χ4v) is 3.54. The molecule has 4 rings (SSSR count). The summed E-state index contributed by atoms with van der Waals surface area (Å²) < 4.78 is 3.41. The Bertz CT molecular complexity index is 1310. The van der Waals surface area contributed by atoms with E-state index in [2.05, 4.69) is 10.3 Å². The molecular formula is C23H22N4O2. The monoisotopic (exact) mass is 386 g/mol. The highest BCUT2D eigenvalue weighted by Crippen LogP contribution is 2.27. The van der Waals surface area contributed by atoms with Gasteiger partial charge in [-0.2, -0.15) is 0 Å². The first-order valence-electron chi connectivity index (χ1n) is 9.35. The third kappa shape index (κ3) is 3.33. The average molecular weight is 386 g/mol. The minimum Gasteiger partial charge on any atom is -0.347 e. The summed E-state index contributed by atoms with van der Waals surface area (Å²) in [6.45, 7) is 3.86. The van der Waals surface area contributed by atoms with Gasteiger partial charge in [-0.3, -0.25) is 14.6 Å². The molecule has 1 N–H and O–H groups in total. The predicted octanol–water partition coefficient (Wildman–Crippen LogP) is 3.81. The van der Waals surface area contributed by atoms with Crippen molar-refractivity contribution in [3.8, 4) is 11.1 Å². The molecular weight excluding hydrogens is 364 g/mol. The van der Waals surface area contributed by atoms with Crippen molar-refractivity contribution in [2.24, 2.45) is 14.1 Å². The molecule has 0 fully saturated rings. The van der Waals surface area contributed by atoms with Crippen LogP contribution in [0.5, 0.6) is 0 Å². The van der Waals surface area contributed by atoms with E-state index in [4.69, 9.17) is 0 Å². The molecule has 0 aliphatic heterocycles. The molecule has 1 amide bonds. The highest BCUT2D eigenvalue weighted by atomic mass is 16.2. The Labute approximate surface area is 168 Å². The molecule has 3 aromatic heterocycles. The van der Waals surface area contributed by atoms with Gasteiger partial charge in [-0.25, -0.2) is 0 Å². The van der Waals surface area contributed by atoms with Crippen LogP contribution in [0.2, 0.25) is 0 Å². The Kier molecular flexibility index (Phi) is 4.54. The molecule has 6 heteroatoms. The molecule has 0 atom stereocenters. The fraction of sp³-hybridized carbons (Fsp3) is 0.174. The number of carbonyl (C=O) groups excluding carboxylic acids is 1. The van der Waals surface area contributed by atoms with Crippen molar-refractivity contribution in [1.29, 1.82) is 0 Å². The summed E-state index contributed by atoms with van der Waals surface area (Å²) in [6, 6.07) is 13.0. The van der Waals surface area contributed by atoms with Crippen LogP contribution in [0.25, 0.3) is 22.0 Å². The Balaban J connectivity index is 1.80. The summed E-state index contributed by atoms with van der Waals surface area (Å²) in [4.78, 5) is 30.0. The number of fused-ring (bicyclic) bond motifs is 1. The molecule has 0 unspecified atom stereocenters. The number of aromatic nitrogens is 3. The van der Waals surface area contributed by atoms with Crippen LogP contribution in [-0.2, 0) is 14.1 Å². The first-order valence-corrected chi connectivity index (χ1v) is 9.35. The van der Waals surface area contributed by atoms with Gasteiger partial charge in [0, 0.05) is 48.8 Å². The maximum absolute atomic E-state index is 13.1. The van der Waals surface area contributed by atoms with E-state index in [1.54, 1.807) is 28.4 Å².